The molecule has 1 heterocycles. The van der Waals surface area contributed by atoms with E-state index < -0.39 is 0 Å². The third-order valence-corrected chi connectivity index (χ3v) is 14.1. The van der Waals surface area contributed by atoms with E-state index in [0.29, 0.717) is 0 Å². The first-order valence-corrected chi connectivity index (χ1v) is 23.1. The van der Waals surface area contributed by atoms with E-state index in [2.05, 4.69) is 247 Å². The van der Waals surface area contributed by atoms with E-state index in [1.165, 1.54) is 110 Å². The van der Waals surface area contributed by atoms with Crippen molar-refractivity contribution >= 4 is 54.1 Å². The molecule has 2 nitrogen and oxygen atoms in total. The number of nitrogens with zero attached hydrogens (tertiary/aromatic N) is 2. The average molecular weight is 849 g/mol. The molecule has 0 saturated heterocycles. The van der Waals surface area contributed by atoms with Crippen molar-refractivity contribution in [3.8, 4) is 83.8 Å². The summed E-state index contributed by atoms with van der Waals surface area (Å²) in [6.45, 7) is 0. The fourth-order valence-electron chi connectivity index (χ4n) is 11.0. The summed E-state index contributed by atoms with van der Waals surface area (Å²) in [4.78, 5) is 5.09. The molecule has 1 aromatic heterocycles. The highest BCUT2D eigenvalue weighted by molar-refractivity contribution is 6.27. The van der Waals surface area contributed by atoms with Crippen molar-refractivity contribution < 1.29 is 0 Å². The third kappa shape index (κ3) is 5.87. The van der Waals surface area contributed by atoms with Crippen molar-refractivity contribution in [2.24, 2.45) is 0 Å². The van der Waals surface area contributed by atoms with Crippen molar-refractivity contribution in [1.82, 2.24) is 9.55 Å². The van der Waals surface area contributed by atoms with Crippen molar-refractivity contribution in [2.75, 3.05) is 0 Å². The van der Waals surface area contributed by atoms with Crippen LogP contribution in [0.3, 0.4) is 0 Å². The molecule has 1 aliphatic carbocycles. The van der Waals surface area contributed by atoms with Crippen LogP contribution in [0, 0.1) is 0 Å². The Bertz CT molecular complexity index is 4100. The Hall–Kier alpha value is -8.85. The Balaban J connectivity index is 0.966. The number of hydrogen-bond donors (Lipinski definition) is 0. The Morgan fingerprint density at radius 1 is 0.254 bits per heavy atom. The van der Waals surface area contributed by atoms with Gasteiger partial charge in [0.15, 0.2) is 0 Å². The zero-order valence-electron chi connectivity index (χ0n) is 36.5. The predicted octanol–water partition coefficient (Wildman–Crippen LogP) is 17.6. The first-order chi connectivity index (χ1) is 33.2. The smallest absolute Gasteiger partial charge is 0.145 e. The van der Waals surface area contributed by atoms with E-state index >= 15 is 0 Å². The van der Waals surface area contributed by atoms with E-state index in [-0.39, 0.29) is 0 Å². The minimum atomic E-state index is 0.940. The van der Waals surface area contributed by atoms with Crippen LogP contribution in [0.15, 0.2) is 243 Å². The molecule has 0 N–H and O–H groups in total. The van der Waals surface area contributed by atoms with Crippen LogP contribution in [-0.4, -0.2) is 9.55 Å². The summed E-state index contributed by atoms with van der Waals surface area (Å²) in [6.07, 6.45) is 0. The molecule has 13 aromatic rings. The molecule has 14 rings (SSSR count). The molecule has 0 amide bonds. The number of para-hydroxylation sites is 2. The number of benzene rings is 12. The van der Waals surface area contributed by atoms with Gasteiger partial charge < -0.3 is 0 Å². The van der Waals surface area contributed by atoms with Gasteiger partial charge in [-0.2, -0.15) is 0 Å². The highest BCUT2D eigenvalue weighted by atomic mass is 15.1. The van der Waals surface area contributed by atoms with Crippen LogP contribution in [-0.2, 0) is 0 Å². The van der Waals surface area contributed by atoms with Gasteiger partial charge in [0.05, 0.1) is 11.0 Å². The number of hydrogen-bond acceptors (Lipinski definition) is 1. The molecule has 0 fully saturated rings. The zero-order valence-corrected chi connectivity index (χ0v) is 36.5. The first-order valence-electron chi connectivity index (χ1n) is 23.1. The average Bonchev–Trinajstić information content (AvgIpc) is 3.95. The summed E-state index contributed by atoms with van der Waals surface area (Å²) in [5, 5.41) is 10.2. The van der Waals surface area contributed by atoms with Crippen molar-refractivity contribution in [3.05, 3.63) is 243 Å². The van der Waals surface area contributed by atoms with Gasteiger partial charge in [-0.1, -0.05) is 188 Å². The lowest BCUT2D eigenvalue weighted by Gasteiger charge is -2.18. The van der Waals surface area contributed by atoms with E-state index in [9.17, 15) is 0 Å². The molecule has 0 aliphatic heterocycles. The van der Waals surface area contributed by atoms with E-state index in [4.69, 9.17) is 4.98 Å². The normalized spacial score (nSPS) is 11.9. The molecule has 0 unspecified atom stereocenters. The van der Waals surface area contributed by atoms with Crippen LogP contribution in [0.4, 0.5) is 0 Å². The predicted molar refractivity (Wildman–Crippen MR) is 283 cm³/mol. The molecule has 67 heavy (non-hydrogen) atoms. The molecule has 0 spiro atoms. The van der Waals surface area contributed by atoms with Gasteiger partial charge in [0.25, 0.3) is 0 Å². The lowest BCUT2D eigenvalue weighted by atomic mass is 9.85. The number of aromatic nitrogens is 2. The van der Waals surface area contributed by atoms with Crippen LogP contribution >= 0.6 is 0 Å². The monoisotopic (exact) mass is 848 g/mol. The largest absolute Gasteiger partial charge is 0.292 e. The van der Waals surface area contributed by atoms with Crippen molar-refractivity contribution in [2.45, 2.75) is 0 Å². The van der Waals surface area contributed by atoms with Gasteiger partial charge in [-0.05, 0) is 164 Å². The molecule has 2 heteroatoms. The summed E-state index contributed by atoms with van der Waals surface area (Å²) < 4.78 is 2.28. The van der Waals surface area contributed by atoms with E-state index in [0.717, 1.165) is 28.1 Å². The van der Waals surface area contributed by atoms with Gasteiger partial charge >= 0.3 is 0 Å². The van der Waals surface area contributed by atoms with Crippen LogP contribution in [0.5, 0.6) is 0 Å². The molecule has 310 valence electrons. The Kier molecular flexibility index (Phi) is 8.32. The fraction of sp³-hybridized carbons (Fsp3) is 0. The standard InChI is InChI=1S/C65H40N2/c1-5-16-41(17-6-1)46-30-33-49-55(36-46)53(42-18-7-2-8-19-42)38-60-56(49)37-54(43-20-9-3-10-21-43)59-39-58-52-35-34-48(50-24-15-25-51(64(50)52)57(58)40-61(59)60)44-28-31-47(32-29-44)67-63-27-14-13-26-62(63)66-65(67)45-22-11-4-12-23-45/h1-40H. The second-order valence-electron chi connectivity index (χ2n) is 17.8. The summed E-state index contributed by atoms with van der Waals surface area (Å²) >= 11 is 0. The number of rotatable bonds is 6. The zero-order chi connectivity index (χ0) is 44.0. The number of imidazole rings is 1. The minimum absolute atomic E-state index is 0.940. The van der Waals surface area contributed by atoms with Gasteiger partial charge in [0, 0.05) is 11.3 Å². The van der Waals surface area contributed by atoms with Crippen molar-refractivity contribution in [3.63, 3.8) is 0 Å². The van der Waals surface area contributed by atoms with E-state index in [1.807, 2.05) is 0 Å². The van der Waals surface area contributed by atoms with Gasteiger partial charge in [-0.25, -0.2) is 4.98 Å². The SMILES string of the molecule is c1ccc(-c2ccc3c(c2)c(-c2ccccc2)cc2c4cc5c(cc4c(-c4ccccc4)cc32)-c2ccc(-c3ccc(-n4c(-c6ccccc6)nc6ccccc64)cc3)c3cccc-5c23)cc1. The summed E-state index contributed by atoms with van der Waals surface area (Å²) in [7, 11) is 0. The topological polar surface area (TPSA) is 17.8 Å². The summed E-state index contributed by atoms with van der Waals surface area (Å²) in [5.74, 6) is 0.940. The van der Waals surface area contributed by atoms with E-state index in [1.54, 1.807) is 0 Å². The highest BCUT2D eigenvalue weighted by Gasteiger charge is 2.26. The Morgan fingerprint density at radius 2 is 0.746 bits per heavy atom. The maximum atomic E-state index is 5.09. The first kappa shape index (κ1) is 37.5. The van der Waals surface area contributed by atoms with Crippen molar-refractivity contribution in [1.29, 1.82) is 0 Å². The lowest BCUT2D eigenvalue weighted by molar-refractivity contribution is 1.10. The molecular weight excluding hydrogens is 809 g/mol. The molecule has 12 aromatic carbocycles. The van der Waals surface area contributed by atoms with Crippen LogP contribution in [0.1, 0.15) is 0 Å². The molecule has 0 atom stereocenters. The molecular formula is C65H40N2. The van der Waals surface area contributed by atoms with Gasteiger partial charge in [0.1, 0.15) is 5.82 Å². The van der Waals surface area contributed by atoms with Gasteiger partial charge in [-0.15, -0.1) is 0 Å². The Morgan fingerprint density at radius 3 is 1.43 bits per heavy atom. The third-order valence-electron chi connectivity index (χ3n) is 14.1. The fourth-order valence-corrected chi connectivity index (χ4v) is 11.0. The summed E-state index contributed by atoms with van der Waals surface area (Å²) in [6, 6.07) is 89.0. The highest BCUT2D eigenvalue weighted by Crippen LogP contribution is 2.53. The molecule has 0 bridgehead atoms. The second kappa shape index (κ2) is 14.9. The maximum absolute atomic E-state index is 5.09. The van der Waals surface area contributed by atoms with Crippen LogP contribution < -0.4 is 0 Å². The Labute approximate surface area is 388 Å². The molecule has 0 radical (unpaired) electrons. The summed E-state index contributed by atoms with van der Waals surface area (Å²) in [5.41, 5.74) is 19.2. The van der Waals surface area contributed by atoms with Crippen LogP contribution in [0.2, 0.25) is 0 Å². The van der Waals surface area contributed by atoms with Crippen LogP contribution in [0.25, 0.3) is 138 Å². The molecule has 1 aliphatic rings. The number of fused-ring (bicyclic) bond motifs is 9. The second-order valence-corrected chi connectivity index (χ2v) is 17.8. The molecule has 0 saturated carbocycles. The lowest BCUT2D eigenvalue weighted by Crippen LogP contribution is -1.97. The van der Waals surface area contributed by atoms with Gasteiger partial charge in [0.2, 0.25) is 0 Å². The maximum Gasteiger partial charge on any atom is 0.145 e. The quantitative estimate of drug-likeness (QED) is 0.152. The van der Waals surface area contributed by atoms with Gasteiger partial charge in [-0.3, -0.25) is 4.57 Å². The minimum Gasteiger partial charge on any atom is -0.292 e.